The van der Waals surface area contributed by atoms with Gasteiger partial charge in [-0.2, -0.15) is 0 Å². The Morgan fingerprint density at radius 2 is 1.70 bits per heavy atom. The molecule has 2 heteroatoms. The molecular weight excluding hydrogens is 246 g/mol. The largest absolute Gasteiger partial charge is 0.292 e. The van der Waals surface area contributed by atoms with Gasteiger partial charge >= 0.3 is 0 Å². The molecule has 1 aliphatic heterocycles. The summed E-state index contributed by atoms with van der Waals surface area (Å²) in [7, 11) is 0. The van der Waals surface area contributed by atoms with Crippen molar-refractivity contribution in [1.82, 2.24) is 4.90 Å². The van der Waals surface area contributed by atoms with E-state index >= 15 is 0 Å². The molecule has 1 aromatic carbocycles. The molecule has 0 unspecified atom stereocenters. The summed E-state index contributed by atoms with van der Waals surface area (Å²) in [5.74, 6) is 0.252. The Morgan fingerprint density at radius 3 is 2.25 bits per heavy atom. The molecule has 1 aliphatic rings. The van der Waals surface area contributed by atoms with E-state index in [0.29, 0.717) is 0 Å². The standard InChI is InChI=1S/C18H27NO/c1-4-8-15-9-11-16(12-10-15)17(20)18(2,3)19-13-6-5-7-14-19/h9-12H,4-8,13-14H2,1-3H3. The monoisotopic (exact) mass is 273 g/mol. The van der Waals surface area contributed by atoms with Crippen LogP contribution in [0.1, 0.15) is 62.4 Å². The van der Waals surface area contributed by atoms with Gasteiger partial charge in [0.2, 0.25) is 0 Å². The fraction of sp³-hybridized carbons (Fsp3) is 0.611. The van der Waals surface area contributed by atoms with Gasteiger partial charge < -0.3 is 0 Å². The van der Waals surface area contributed by atoms with Crippen LogP contribution in [0.25, 0.3) is 0 Å². The fourth-order valence-corrected chi connectivity index (χ4v) is 3.06. The van der Waals surface area contributed by atoms with Crippen LogP contribution >= 0.6 is 0 Å². The van der Waals surface area contributed by atoms with E-state index in [2.05, 4.69) is 37.8 Å². The molecule has 1 fully saturated rings. The molecule has 1 heterocycles. The number of piperidine rings is 1. The number of hydrogen-bond donors (Lipinski definition) is 0. The summed E-state index contributed by atoms with van der Waals surface area (Å²) >= 11 is 0. The van der Waals surface area contributed by atoms with Gasteiger partial charge in [0.25, 0.3) is 0 Å². The SMILES string of the molecule is CCCc1ccc(C(=O)C(C)(C)N2CCCCC2)cc1. The highest BCUT2D eigenvalue weighted by Gasteiger charge is 2.35. The van der Waals surface area contributed by atoms with Crippen LogP contribution in [0.5, 0.6) is 0 Å². The minimum absolute atomic E-state index is 0.252. The lowest BCUT2D eigenvalue weighted by molar-refractivity contribution is 0.0579. The second-order valence-corrected chi connectivity index (χ2v) is 6.38. The summed E-state index contributed by atoms with van der Waals surface area (Å²) in [4.78, 5) is 15.1. The summed E-state index contributed by atoms with van der Waals surface area (Å²) in [6, 6.07) is 8.20. The van der Waals surface area contributed by atoms with Crippen LogP contribution in [-0.2, 0) is 6.42 Å². The molecule has 0 N–H and O–H groups in total. The van der Waals surface area contributed by atoms with Gasteiger partial charge in [0.05, 0.1) is 5.54 Å². The van der Waals surface area contributed by atoms with Crippen LogP contribution in [0.4, 0.5) is 0 Å². The fourth-order valence-electron chi connectivity index (χ4n) is 3.06. The lowest BCUT2D eigenvalue weighted by Gasteiger charge is -2.39. The summed E-state index contributed by atoms with van der Waals surface area (Å²) < 4.78 is 0. The Hall–Kier alpha value is -1.15. The zero-order chi connectivity index (χ0) is 14.6. The van der Waals surface area contributed by atoms with Crippen LogP contribution in [-0.4, -0.2) is 29.3 Å². The molecule has 0 aliphatic carbocycles. The zero-order valence-corrected chi connectivity index (χ0v) is 13.1. The minimum Gasteiger partial charge on any atom is -0.292 e. The Labute approximate surface area is 123 Å². The number of likely N-dealkylation sites (tertiary alicyclic amines) is 1. The number of hydrogen-bond acceptors (Lipinski definition) is 2. The van der Waals surface area contributed by atoms with Crippen LogP contribution in [0.3, 0.4) is 0 Å². The third kappa shape index (κ3) is 3.29. The maximum atomic E-state index is 12.8. The number of rotatable bonds is 5. The summed E-state index contributed by atoms with van der Waals surface area (Å²) in [5, 5.41) is 0. The lowest BCUT2D eigenvalue weighted by atomic mass is 9.89. The number of ketones is 1. The molecule has 0 spiro atoms. The highest BCUT2D eigenvalue weighted by molar-refractivity contribution is 6.02. The summed E-state index contributed by atoms with van der Waals surface area (Å²) in [6.45, 7) is 8.42. The van der Waals surface area contributed by atoms with Gasteiger partial charge in [-0.25, -0.2) is 0 Å². The second-order valence-electron chi connectivity index (χ2n) is 6.38. The van der Waals surface area contributed by atoms with Crippen molar-refractivity contribution in [3.8, 4) is 0 Å². The average molecular weight is 273 g/mol. The molecular formula is C18H27NO. The predicted octanol–water partition coefficient (Wildman–Crippen LogP) is 4.09. The van der Waals surface area contributed by atoms with Crippen molar-refractivity contribution >= 4 is 5.78 Å². The molecule has 0 amide bonds. The van der Waals surface area contributed by atoms with Crippen molar-refractivity contribution in [2.75, 3.05) is 13.1 Å². The summed E-state index contributed by atoms with van der Waals surface area (Å²) in [5.41, 5.74) is 1.78. The van der Waals surface area contributed by atoms with E-state index in [0.717, 1.165) is 31.5 Å². The van der Waals surface area contributed by atoms with Crippen LogP contribution < -0.4 is 0 Å². The van der Waals surface area contributed by atoms with Crippen molar-refractivity contribution in [3.63, 3.8) is 0 Å². The Bertz CT molecular complexity index is 441. The maximum Gasteiger partial charge on any atom is 0.182 e. The molecule has 0 radical (unpaired) electrons. The van der Waals surface area contributed by atoms with Gasteiger partial charge in [0.15, 0.2) is 5.78 Å². The van der Waals surface area contributed by atoms with Gasteiger partial charge in [-0.15, -0.1) is 0 Å². The van der Waals surface area contributed by atoms with Crippen molar-refractivity contribution in [2.24, 2.45) is 0 Å². The molecule has 2 nitrogen and oxygen atoms in total. The zero-order valence-electron chi connectivity index (χ0n) is 13.1. The molecule has 110 valence electrons. The molecule has 20 heavy (non-hydrogen) atoms. The molecule has 2 rings (SSSR count). The first-order valence-corrected chi connectivity index (χ1v) is 7.94. The smallest absolute Gasteiger partial charge is 0.182 e. The molecule has 1 saturated heterocycles. The number of Topliss-reactive ketones (excluding diaryl/α,β-unsaturated/α-hetero) is 1. The van der Waals surface area contributed by atoms with E-state index in [1.165, 1.54) is 24.8 Å². The number of benzene rings is 1. The molecule has 0 atom stereocenters. The van der Waals surface area contributed by atoms with Gasteiger partial charge in [-0.3, -0.25) is 9.69 Å². The molecule has 1 aromatic rings. The third-order valence-corrected chi connectivity index (χ3v) is 4.46. The van der Waals surface area contributed by atoms with E-state index < -0.39 is 0 Å². The predicted molar refractivity (Wildman–Crippen MR) is 84.3 cm³/mol. The van der Waals surface area contributed by atoms with E-state index in [1.54, 1.807) is 0 Å². The molecule has 0 bridgehead atoms. The first kappa shape index (κ1) is 15.2. The van der Waals surface area contributed by atoms with Crippen LogP contribution in [0.15, 0.2) is 24.3 Å². The van der Waals surface area contributed by atoms with E-state index in [4.69, 9.17) is 0 Å². The Balaban J connectivity index is 2.12. The first-order chi connectivity index (χ1) is 9.55. The van der Waals surface area contributed by atoms with Crippen molar-refractivity contribution in [2.45, 2.75) is 58.4 Å². The number of nitrogens with zero attached hydrogens (tertiary/aromatic N) is 1. The topological polar surface area (TPSA) is 20.3 Å². The Morgan fingerprint density at radius 1 is 1.10 bits per heavy atom. The van der Waals surface area contributed by atoms with E-state index in [-0.39, 0.29) is 11.3 Å². The molecule has 0 saturated carbocycles. The lowest BCUT2D eigenvalue weighted by Crippen LogP contribution is -2.52. The van der Waals surface area contributed by atoms with Crippen LogP contribution in [0, 0.1) is 0 Å². The maximum absolute atomic E-state index is 12.8. The molecule has 0 aromatic heterocycles. The number of carbonyl (C=O) groups excluding carboxylic acids is 1. The Kier molecular flexibility index (Phi) is 4.98. The number of aryl methyl sites for hydroxylation is 1. The first-order valence-electron chi connectivity index (χ1n) is 7.94. The van der Waals surface area contributed by atoms with Crippen LogP contribution in [0.2, 0.25) is 0 Å². The van der Waals surface area contributed by atoms with Gasteiger partial charge in [0.1, 0.15) is 0 Å². The quantitative estimate of drug-likeness (QED) is 0.753. The van der Waals surface area contributed by atoms with Crippen molar-refractivity contribution in [1.29, 1.82) is 0 Å². The van der Waals surface area contributed by atoms with Gasteiger partial charge in [-0.1, -0.05) is 44.0 Å². The van der Waals surface area contributed by atoms with E-state index in [9.17, 15) is 4.79 Å². The third-order valence-electron chi connectivity index (χ3n) is 4.46. The van der Waals surface area contributed by atoms with E-state index in [1.807, 2.05) is 12.1 Å². The highest BCUT2D eigenvalue weighted by atomic mass is 16.1. The number of carbonyl (C=O) groups is 1. The highest BCUT2D eigenvalue weighted by Crippen LogP contribution is 2.24. The average Bonchev–Trinajstić information content (AvgIpc) is 2.48. The minimum atomic E-state index is -0.382. The normalized spacial score (nSPS) is 17.1. The van der Waals surface area contributed by atoms with Gasteiger partial charge in [-0.05, 0) is 51.8 Å². The van der Waals surface area contributed by atoms with Crippen molar-refractivity contribution in [3.05, 3.63) is 35.4 Å². The second kappa shape index (κ2) is 6.53. The van der Waals surface area contributed by atoms with Gasteiger partial charge in [0, 0.05) is 5.56 Å². The van der Waals surface area contributed by atoms with Crippen molar-refractivity contribution < 1.29 is 4.79 Å². The summed E-state index contributed by atoms with van der Waals surface area (Å²) in [6.07, 6.45) is 5.96.